The second-order valence-electron chi connectivity index (χ2n) is 4.72. The van der Waals surface area contributed by atoms with Gasteiger partial charge in [-0.25, -0.2) is 0 Å². The summed E-state index contributed by atoms with van der Waals surface area (Å²) in [5.41, 5.74) is 1.09. The molecule has 1 N–H and O–H groups in total. The molecule has 0 unspecified atom stereocenters. The van der Waals surface area contributed by atoms with Gasteiger partial charge in [-0.1, -0.05) is 31.4 Å². The summed E-state index contributed by atoms with van der Waals surface area (Å²) in [5, 5.41) is 14.3. The minimum Gasteiger partial charge on any atom is -0.310 e. The Bertz CT molecular complexity index is 431. The van der Waals surface area contributed by atoms with Crippen LogP contribution in [0.4, 0.5) is 5.69 Å². The number of nitrogens with zero attached hydrogens (tertiary/aromatic N) is 1. The average molecular weight is 313 g/mol. The van der Waals surface area contributed by atoms with Crippen LogP contribution in [0.1, 0.15) is 37.7 Å². The third-order valence-corrected chi connectivity index (χ3v) is 4.36. The summed E-state index contributed by atoms with van der Waals surface area (Å²) in [4.78, 5) is 10.5. The summed E-state index contributed by atoms with van der Waals surface area (Å²) < 4.78 is 0.596. The summed E-state index contributed by atoms with van der Waals surface area (Å²) in [5.74, 6) is 0. The van der Waals surface area contributed by atoms with E-state index in [0.717, 1.165) is 5.56 Å². The fraction of sp³-hybridized carbons (Fsp3) is 0.538. The maximum Gasteiger partial charge on any atom is 0.283 e. The molecule has 4 nitrogen and oxygen atoms in total. The van der Waals surface area contributed by atoms with E-state index in [2.05, 4.69) is 21.2 Å². The molecule has 2 rings (SSSR count). The number of nitro benzene ring substituents is 1. The summed E-state index contributed by atoms with van der Waals surface area (Å²) in [6, 6.07) is 5.74. The Morgan fingerprint density at radius 1 is 1.33 bits per heavy atom. The molecule has 0 amide bonds. The zero-order chi connectivity index (χ0) is 13.0. The first-order valence-electron chi connectivity index (χ1n) is 6.33. The van der Waals surface area contributed by atoms with Gasteiger partial charge in [0.05, 0.1) is 9.40 Å². The van der Waals surface area contributed by atoms with Crippen molar-refractivity contribution >= 4 is 21.6 Å². The zero-order valence-electron chi connectivity index (χ0n) is 10.2. The van der Waals surface area contributed by atoms with Gasteiger partial charge in [0.2, 0.25) is 0 Å². The maximum absolute atomic E-state index is 10.8. The van der Waals surface area contributed by atoms with Crippen LogP contribution in [0.3, 0.4) is 0 Å². The molecule has 1 fully saturated rings. The Morgan fingerprint density at radius 3 is 2.72 bits per heavy atom. The Morgan fingerprint density at radius 2 is 2.06 bits per heavy atom. The molecule has 98 valence electrons. The van der Waals surface area contributed by atoms with Crippen molar-refractivity contribution in [2.75, 3.05) is 0 Å². The van der Waals surface area contributed by atoms with Gasteiger partial charge in [0, 0.05) is 18.7 Å². The molecule has 18 heavy (non-hydrogen) atoms. The Hall–Kier alpha value is -0.940. The zero-order valence-corrected chi connectivity index (χ0v) is 11.8. The van der Waals surface area contributed by atoms with Crippen LogP contribution in [0.2, 0.25) is 0 Å². The standard InChI is InChI=1S/C13H17BrN2O2/c14-13-10(5-4-8-12(13)16(17)18)9-15-11-6-2-1-3-7-11/h4-5,8,11,15H,1-3,6-7,9H2. The molecule has 0 saturated heterocycles. The fourth-order valence-corrected chi connectivity index (χ4v) is 2.95. The number of hydrogen-bond donors (Lipinski definition) is 1. The molecule has 1 saturated carbocycles. The second kappa shape index (κ2) is 6.29. The van der Waals surface area contributed by atoms with Crippen LogP contribution in [-0.2, 0) is 6.54 Å². The molecule has 0 heterocycles. The first-order chi connectivity index (χ1) is 8.68. The lowest BCUT2D eigenvalue weighted by Gasteiger charge is -2.23. The van der Waals surface area contributed by atoms with Crippen molar-refractivity contribution in [1.29, 1.82) is 0 Å². The van der Waals surface area contributed by atoms with Gasteiger partial charge in [-0.05, 0) is 34.3 Å². The van der Waals surface area contributed by atoms with Gasteiger partial charge < -0.3 is 5.32 Å². The summed E-state index contributed by atoms with van der Waals surface area (Å²) in [6.07, 6.45) is 6.33. The van der Waals surface area contributed by atoms with Crippen LogP contribution in [-0.4, -0.2) is 11.0 Å². The van der Waals surface area contributed by atoms with E-state index in [1.807, 2.05) is 6.07 Å². The summed E-state index contributed by atoms with van der Waals surface area (Å²) >= 11 is 3.33. The molecular weight excluding hydrogens is 296 g/mol. The van der Waals surface area contributed by atoms with Gasteiger partial charge in [0.25, 0.3) is 5.69 Å². The van der Waals surface area contributed by atoms with Gasteiger partial charge in [-0.3, -0.25) is 10.1 Å². The first-order valence-corrected chi connectivity index (χ1v) is 7.13. The predicted molar refractivity (Wildman–Crippen MR) is 74.5 cm³/mol. The molecule has 1 aliphatic carbocycles. The van der Waals surface area contributed by atoms with Crippen LogP contribution < -0.4 is 5.32 Å². The number of benzene rings is 1. The Balaban J connectivity index is 2.00. The maximum atomic E-state index is 10.8. The summed E-state index contributed by atoms with van der Waals surface area (Å²) in [6.45, 7) is 0.687. The molecule has 0 atom stereocenters. The second-order valence-corrected chi connectivity index (χ2v) is 5.52. The highest BCUT2D eigenvalue weighted by atomic mass is 79.9. The van der Waals surface area contributed by atoms with E-state index in [0.29, 0.717) is 17.1 Å². The van der Waals surface area contributed by atoms with Crippen molar-refractivity contribution in [3.8, 4) is 0 Å². The molecule has 1 aromatic rings. The normalized spacial score (nSPS) is 16.7. The molecular formula is C13H17BrN2O2. The van der Waals surface area contributed by atoms with Crippen LogP contribution >= 0.6 is 15.9 Å². The summed E-state index contributed by atoms with van der Waals surface area (Å²) in [7, 11) is 0. The number of halogens is 1. The molecule has 5 heteroatoms. The van der Waals surface area contributed by atoms with Gasteiger partial charge in [0.1, 0.15) is 0 Å². The number of nitro groups is 1. The third kappa shape index (κ3) is 3.29. The quantitative estimate of drug-likeness (QED) is 0.680. The molecule has 0 aliphatic heterocycles. The average Bonchev–Trinajstić information content (AvgIpc) is 2.38. The SMILES string of the molecule is O=[N+]([O-])c1cccc(CNC2CCCCC2)c1Br. The smallest absolute Gasteiger partial charge is 0.283 e. The van der Waals surface area contributed by atoms with E-state index >= 15 is 0 Å². The number of rotatable bonds is 4. The van der Waals surface area contributed by atoms with E-state index < -0.39 is 0 Å². The molecule has 0 spiro atoms. The van der Waals surface area contributed by atoms with Gasteiger partial charge in [0.15, 0.2) is 0 Å². The number of hydrogen-bond acceptors (Lipinski definition) is 3. The molecule has 0 radical (unpaired) electrons. The third-order valence-electron chi connectivity index (χ3n) is 3.44. The highest BCUT2D eigenvalue weighted by Crippen LogP contribution is 2.28. The fourth-order valence-electron chi connectivity index (χ4n) is 2.40. The van der Waals surface area contributed by atoms with Crippen LogP contribution in [0, 0.1) is 10.1 Å². The number of nitrogens with one attached hydrogen (secondary N) is 1. The van der Waals surface area contributed by atoms with Crippen molar-refractivity contribution in [3.63, 3.8) is 0 Å². The van der Waals surface area contributed by atoms with E-state index in [1.54, 1.807) is 6.07 Å². The lowest BCUT2D eigenvalue weighted by atomic mass is 9.95. The molecule has 0 aromatic heterocycles. The van der Waals surface area contributed by atoms with Gasteiger partial charge in [-0.2, -0.15) is 0 Å². The van der Waals surface area contributed by atoms with Crippen molar-refractivity contribution in [1.82, 2.24) is 5.32 Å². The van der Waals surface area contributed by atoms with Gasteiger partial charge in [-0.15, -0.1) is 0 Å². The lowest BCUT2D eigenvalue weighted by Crippen LogP contribution is -2.30. The van der Waals surface area contributed by atoms with E-state index in [9.17, 15) is 10.1 Å². The Labute approximate surface area is 115 Å². The van der Waals surface area contributed by atoms with Crippen molar-refractivity contribution in [3.05, 3.63) is 38.3 Å². The topological polar surface area (TPSA) is 55.2 Å². The monoisotopic (exact) mass is 312 g/mol. The van der Waals surface area contributed by atoms with Crippen LogP contribution in [0.15, 0.2) is 22.7 Å². The van der Waals surface area contributed by atoms with E-state index in [-0.39, 0.29) is 10.6 Å². The minimum absolute atomic E-state index is 0.137. The van der Waals surface area contributed by atoms with E-state index in [1.165, 1.54) is 38.2 Å². The van der Waals surface area contributed by atoms with Crippen molar-refractivity contribution < 1.29 is 4.92 Å². The largest absolute Gasteiger partial charge is 0.310 e. The van der Waals surface area contributed by atoms with Crippen LogP contribution in [0.5, 0.6) is 0 Å². The molecule has 1 aliphatic rings. The van der Waals surface area contributed by atoms with Crippen LogP contribution in [0.25, 0.3) is 0 Å². The van der Waals surface area contributed by atoms with Crippen molar-refractivity contribution in [2.24, 2.45) is 0 Å². The highest BCUT2D eigenvalue weighted by Gasteiger charge is 2.16. The molecule has 1 aromatic carbocycles. The van der Waals surface area contributed by atoms with Gasteiger partial charge >= 0.3 is 0 Å². The van der Waals surface area contributed by atoms with Crippen molar-refractivity contribution in [2.45, 2.75) is 44.7 Å². The Kier molecular flexibility index (Phi) is 4.72. The first kappa shape index (κ1) is 13.5. The minimum atomic E-state index is -0.353. The lowest BCUT2D eigenvalue weighted by molar-refractivity contribution is -0.385. The highest BCUT2D eigenvalue weighted by molar-refractivity contribution is 9.10. The predicted octanol–water partition coefficient (Wildman–Crippen LogP) is 3.78. The molecule has 0 bridgehead atoms. The van der Waals surface area contributed by atoms with E-state index in [4.69, 9.17) is 0 Å².